The highest BCUT2D eigenvalue weighted by Crippen LogP contribution is 2.44. The SMILES string of the molecule is COC[C@H](NC(=O)C[C@@H](CNC(=O)OCC1c2ccccc2-c2ccccc21)CC(C)C)C(=O)O. The van der Waals surface area contributed by atoms with E-state index in [1.54, 1.807) is 0 Å². The predicted molar refractivity (Wildman–Crippen MR) is 132 cm³/mol. The Morgan fingerprint density at radius 1 is 1.00 bits per heavy atom. The molecule has 0 aromatic heterocycles. The van der Waals surface area contributed by atoms with Crippen molar-refractivity contribution < 1.29 is 29.0 Å². The molecule has 1 aliphatic carbocycles. The van der Waals surface area contributed by atoms with E-state index in [9.17, 15) is 19.5 Å². The summed E-state index contributed by atoms with van der Waals surface area (Å²) in [5.41, 5.74) is 4.60. The first-order valence-corrected chi connectivity index (χ1v) is 11.9. The Bertz CT molecular complexity index is 992. The number of nitrogens with one attached hydrogen (secondary N) is 2. The van der Waals surface area contributed by atoms with Gasteiger partial charge in [0, 0.05) is 26.0 Å². The average molecular weight is 483 g/mol. The van der Waals surface area contributed by atoms with E-state index >= 15 is 0 Å². The van der Waals surface area contributed by atoms with Crippen LogP contribution in [0.4, 0.5) is 4.79 Å². The molecule has 0 bridgehead atoms. The van der Waals surface area contributed by atoms with Crippen LogP contribution in [0, 0.1) is 11.8 Å². The number of hydrogen-bond donors (Lipinski definition) is 3. The van der Waals surface area contributed by atoms with E-state index in [0.29, 0.717) is 12.3 Å². The van der Waals surface area contributed by atoms with Gasteiger partial charge in [0.25, 0.3) is 0 Å². The second-order valence-corrected chi connectivity index (χ2v) is 9.32. The number of carbonyl (C=O) groups is 3. The van der Waals surface area contributed by atoms with Crippen LogP contribution in [0.1, 0.15) is 43.7 Å². The number of amides is 2. The molecule has 2 aromatic rings. The standard InChI is InChI=1S/C27H34N2O6/c1-17(2)12-18(13-25(30)29-24(16-34-3)26(31)32)14-28-27(33)35-15-23-21-10-6-4-8-19(21)20-9-5-7-11-22(20)23/h4-11,17-18,23-24H,12-16H2,1-3H3,(H,28,33)(H,29,30)(H,31,32)/t18-,24-/m0/s1. The number of carboxylic acids is 1. The minimum atomic E-state index is -1.16. The van der Waals surface area contributed by atoms with Crippen LogP contribution in [0.5, 0.6) is 0 Å². The van der Waals surface area contributed by atoms with Crippen molar-refractivity contribution in [1.82, 2.24) is 10.6 Å². The smallest absolute Gasteiger partial charge is 0.407 e. The third-order valence-electron chi connectivity index (χ3n) is 6.12. The number of hydrogen-bond acceptors (Lipinski definition) is 5. The van der Waals surface area contributed by atoms with Crippen LogP contribution in [0.25, 0.3) is 11.1 Å². The molecule has 0 unspecified atom stereocenters. The minimum absolute atomic E-state index is 0.0286. The Kier molecular flexibility index (Phi) is 9.25. The molecule has 35 heavy (non-hydrogen) atoms. The van der Waals surface area contributed by atoms with Gasteiger partial charge in [0.2, 0.25) is 5.91 Å². The fourth-order valence-corrected chi connectivity index (χ4v) is 4.64. The van der Waals surface area contributed by atoms with E-state index in [4.69, 9.17) is 9.47 Å². The first-order chi connectivity index (χ1) is 16.8. The molecule has 0 saturated carbocycles. The van der Waals surface area contributed by atoms with Crippen molar-refractivity contribution >= 4 is 18.0 Å². The molecule has 0 spiro atoms. The number of methoxy groups -OCH3 is 1. The minimum Gasteiger partial charge on any atom is -0.480 e. The molecule has 188 valence electrons. The Labute approximate surface area is 206 Å². The lowest BCUT2D eigenvalue weighted by molar-refractivity contribution is -0.143. The van der Waals surface area contributed by atoms with Crippen LogP contribution >= 0.6 is 0 Å². The number of alkyl carbamates (subject to hydrolysis) is 1. The van der Waals surface area contributed by atoms with Gasteiger partial charge in [0.15, 0.2) is 6.04 Å². The summed E-state index contributed by atoms with van der Waals surface area (Å²) in [6, 6.07) is 15.2. The number of carbonyl (C=O) groups excluding carboxylic acids is 2. The average Bonchev–Trinajstić information content (AvgIpc) is 3.14. The van der Waals surface area contributed by atoms with Crippen LogP contribution in [0.3, 0.4) is 0 Å². The molecular formula is C27H34N2O6. The van der Waals surface area contributed by atoms with Gasteiger partial charge in [-0.25, -0.2) is 9.59 Å². The van der Waals surface area contributed by atoms with E-state index in [0.717, 1.165) is 22.3 Å². The molecule has 0 heterocycles. The summed E-state index contributed by atoms with van der Waals surface area (Å²) < 4.78 is 10.4. The molecule has 0 fully saturated rings. The van der Waals surface area contributed by atoms with Crippen molar-refractivity contribution in [2.75, 3.05) is 26.9 Å². The molecule has 3 N–H and O–H groups in total. The molecule has 2 aromatic carbocycles. The van der Waals surface area contributed by atoms with Gasteiger partial charge >= 0.3 is 12.1 Å². The van der Waals surface area contributed by atoms with Gasteiger partial charge in [-0.15, -0.1) is 0 Å². The second kappa shape index (κ2) is 12.4. The normalized spacial score (nSPS) is 14.1. The van der Waals surface area contributed by atoms with Crippen molar-refractivity contribution in [3.63, 3.8) is 0 Å². The highest BCUT2D eigenvalue weighted by molar-refractivity contribution is 5.84. The second-order valence-electron chi connectivity index (χ2n) is 9.32. The van der Waals surface area contributed by atoms with Crippen molar-refractivity contribution in [3.8, 4) is 11.1 Å². The van der Waals surface area contributed by atoms with Crippen molar-refractivity contribution in [3.05, 3.63) is 59.7 Å². The summed E-state index contributed by atoms with van der Waals surface area (Å²) in [7, 11) is 1.38. The lowest BCUT2D eigenvalue weighted by atomic mass is 9.93. The number of ether oxygens (including phenoxy) is 2. The summed E-state index contributed by atoms with van der Waals surface area (Å²) >= 11 is 0. The maximum absolute atomic E-state index is 12.5. The van der Waals surface area contributed by atoms with Crippen LogP contribution in [-0.4, -0.2) is 56.0 Å². The van der Waals surface area contributed by atoms with Gasteiger partial charge in [-0.05, 0) is 40.5 Å². The molecule has 8 nitrogen and oxygen atoms in total. The number of benzene rings is 2. The van der Waals surface area contributed by atoms with E-state index in [2.05, 4.69) is 34.9 Å². The fraction of sp³-hybridized carbons (Fsp3) is 0.444. The maximum atomic E-state index is 12.5. The Hall–Kier alpha value is -3.39. The maximum Gasteiger partial charge on any atom is 0.407 e. The fourth-order valence-electron chi connectivity index (χ4n) is 4.64. The molecule has 3 rings (SSSR count). The van der Waals surface area contributed by atoms with Crippen LogP contribution < -0.4 is 10.6 Å². The van der Waals surface area contributed by atoms with Crippen LogP contribution in [0.15, 0.2) is 48.5 Å². The van der Waals surface area contributed by atoms with Gasteiger partial charge < -0.3 is 25.2 Å². The summed E-state index contributed by atoms with van der Waals surface area (Å²) in [5.74, 6) is -1.44. The Morgan fingerprint density at radius 3 is 2.14 bits per heavy atom. The molecular weight excluding hydrogens is 448 g/mol. The molecule has 0 aliphatic heterocycles. The summed E-state index contributed by atoms with van der Waals surface area (Å²) in [6.45, 7) is 4.41. The number of fused-ring (bicyclic) bond motifs is 3. The predicted octanol–water partition coefficient (Wildman–Crippen LogP) is 3.79. The van der Waals surface area contributed by atoms with Crippen molar-refractivity contribution in [1.29, 1.82) is 0 Å². The highest BCUT2D eigenvalue weighted by atomic mass is 16.5. The van der Waals surface area contributed by atoms with Crippen molar-refractivity contribution in [2.45, 2.75) is 38.6 Å². The van der Waals surface area contributed by atoms with Gasteiger partial charge in [0.05, 0.1) is 6.61 Å². The van der Waals surface area contributed by atoms with Crippen LogP contribution in [0.2, 0.25) is 0 Å². The third kappa shape index (κ3) is 7.05. The third-order valence-corrected chi connectivity index (χ3v) is 6.12. The van der Waals surface area contributed by atoms with E-state index in [-0.39, 0.29) is 38.0 Å². The van der Waals surface area contributed by atoms with Gasteiger partial charge in [-0.3, -0.25) is 4.79 Å². The molecule has 0 saturated heterocycles. The Balaban J connectivity index is 1.55. The molecule has 8 heteroatoms. The molecule has 0 radical (unpaired) electrons. The summed E-state index contributed by atoms with van der Waals surface area (Å²) in [5, 5.41) is 14.5. The number of aliphatic carboxylic acids is 1. The molecule has 2 atom stereocenters. The molecule has 2 amide bonds. The number of carboxylic acid groups (broad SMARTS) is 1. The lowest BCUT2D eigenvalue weighted by Gasteiger charge is -2.21. The lowest BCUT2D eigenvalue weighted by Crippen LogP contribution is -2.45. The van der Waals surface area contributed by atoms with E-state index in [1.165, 1.54) is 7.11 Å². The van der Waals surface area contributed by atoms with Gasteiger partial charge in [-0.2, -0.15) is 0 Å². The van der Waals surface area contributed by atoms with Crippen LogP contribution in [-0.2, 0) is 19.1 Å². The van der Waals surface area contributed by atoms with Crippen molar-refractivity contribution in [2.24, 2.45) is 11.8 Å². The summed E-state index contributed by atoms with van der Waals surface area (Å²) in [6.07, 6.45) is 0.248. The largest absolute Gasteiger partial charge is 0.480 e. The topological polar surface area (TPSA) is 114 Å². The first-order valence-electron chi connectivity index (χ1n) is 11.9. The van der Waals surface area contributed by atoms with E-state index < -0.39 is 24.0 Å². The highest BCUT2D eigenvalue weighted by Gasteiger charge is 2.29. The first kappa shape index (κ1) is 26.2. The monoisotopic (exact) mass is 482 g/mol. The zero-order valence-electron chi connectivity index (χ0n) is 20.5. The van der Waals surface area contributed by atoms with Gasteiger partial charge in [-0.1, -0.05) is 62.4 Å². The number of rotatable bonds is 12. The summed E-state index contributed by atoms with van der Waals surface area (Å²) in [4.78, 5) is 36.2. The zero-order chi connectivity index (χ0) is 25.4. The zero-order valence-corrected chi connectivity index (χ0v) is 20.5. The van der Waals surface area contributed by atoms with Gasteiger partial charge in [0.1, 0.15) is 6.61 Å². The molecule has 1 aliphatic rings. The quantitative estimate of drug-likeness (QED) is 0.424. The van der Waals surface area contributed by atoms with E-state index in [1.807, 2.05) is 38.1 Å². The Morgan fingerprint density at radius 2 is 1.60 bits per heavy atom.